The van der Waals surface area contributed by atoms with Crippen LogP contribution in [0.5, 0.6) is 0 Å². The highest BCUT2D eigenvalue weighted by Gasteiger charge is 2.22. The molecule has 0 aliphatic carbocycles. The predicted octanol–water partition coefficient (Wildman–Crippen LogP) is 1.72. The molecule has 1 aromatic heterocycles. The van der Waals surface area contributed by atoms with Crippen molar-refractivity contribution in [3.8, 4) is 5.69 Å². The molecule has 0 bridgehead atoms. The second-order valence-electron chi connectivity index (χ2n) is 5.37. The normalized spacial score (nSPS) is 10.6. The number of amides is 1. The number of hydrogen-bond donors (Lipinski definition) is 1. The molecule has 0 atom stereocenters. The summed E-state index contributed by atoms with van der Waals surface area (Å²) in [6.07, 6.45) is 2.79. The van der Waals surface area contributed by atoms with Crippen molar-refractivity contribution in [2.24, 2.45) is 0 Å². The van der Waals surface area contributed by atoms with E-state index in [1.807, 2.05) is 0 Å². The highest BCUT2D eigenvalue weighted by molar-refractivity contribution is 5.95. The van der Waals surface area contributed by atoms with Crippen LogP contribution in [0.2, 0.25) is 0 Å². The lowest BCUT2D eigenvalue weighted by molar-refractivity contribution is -0.384. The van der Waals surface area contributed by atoms with Gasteiger partial charge < -0.3 is 10.0 Å². The Balaban J connectivity index is 2.24. The van der Waals surface area contributed by atoms with Gasteiger partial charge in [0.25, 0.3) is 11.6 Å². The summed E-state index contributed by atoms with van der Waals surface area (Å²) in [6.45, 7) is 3.04. The van der Waals surface area contributed by atoms with Crippen LogP contribution in [0.1, 0.15) is 24.2 Å². The number of aromatic nitrogens is 2. The van der Waals surface area contributed by atoms with Crippen LogP contribution in [0.4, 0.5) is 5.69 Å². The summed E-state index contributed by atoms with van der Waals surface area (Å²) in [5.74, 6) is -1.54. The van der Waals surface area contributed by atoms with Crippen molar-refractivity contribution in [1.29, 1.82) is 0 Å². The Bertz CT molecular complexity index is 766. The molecule has 0 aliphatic rings. The number of non-ortho nitro benzene ring substituents is 1. The lowest BCUT2D eigenvalue weighted by Gasteiger charge is -2.24. The van der Waals surface area contributed by atoms with Gasteiger partial charge in [0.2, 0.25) is 0 Å². The minimum Gasteiger partial charge on any atom is -0.480 e. The van der Waals surface area contributed by atoms with Crippen molar-refractivity contribution in [3.05, 3.63) is 52.3 Å². The number of carboxylic acid groups (broad SMARTS) is 1. The number of aliphatic carboxylic acids is 1. The van der Waals surface area contributed by atoms with Gasteiger partial charge in [-0.3, -0.25) is 19.7 Å². The number of carbonyl (C=O) groups is 2. The van der Waals surface area contributed by atoms with Crippen LogP contribution in [-0.4, -0.2) is 49.2 Å². The number of carboxylic acids is 1. The third-order valence-corrected chi connectivity index (χ3v) is 3.34. The molecule has 1 heterocycles. The van der Waals surface area contributed by atoms with E-state index in [1.165, 1.54) is 46.2 Å². The summed E-state index contributed by atoms with van der Waals surface area (Å²) in [5.41, 5.74) is 0.743. The van der Waals surface area contributed by atoms with Gasteiger partial charge in [0.1, 0.15) is 6.54 Å². The first-order valence-electron chi connectivity index (χ1n) is 7.12. The van der Waals surface area contributed by atoms with Gasteiger partial charge in [0.15, 0.2) is 0 Å². The molecule has 1 amide bonds. The molecule has 2 rings (SSSR count). The Labute approximate surface area is 137 Å². The summed E-state index contributed by atoms with van der Waals surface area (Å²) >= 11 is 0. The standard InChI is InChI=1S/C15H16N4O5/c1-10(2)17(9-14(20)21)15(22)11-7-16-18(8-11)12-3-5-13(6-4-12)19(23)24/h3-8,10H,9H2,1-2H3,(H,20,21). The highest BCUT2D eigenvalue weighted by Crippen LogP contribution is 2.16. The van der Waals surface area contributed by atoms with Gasteiger partial charge in [-0.05, 0) is 26.0 Å². The highest BCUT2D eigenvalue weighted by atomic mass is 16.6. The van der Waals surface area contributed by atoms with Crippen LogP contribution >= 0.6 is 0 Å². The molecule has 0 fully saturated rings. The van der Waals surface area contributed by atoms with E-state index < -0.39 is 23.3 Å². The Kier molecular flexibility index (Phi) is 4.93. The molecule has 9 heteroatoms. The molecule has 1 N–H and O–H groups in total. The number of nitro benzene ring substituents is 1. The lowest BCUT2D eigenvalue weighted by Crippen LogP contribution is -2.40. The third kappa shape index (κ3) is 3.75. The molecule has 9 nitrogen and oxygen atoms in total. The SMILES string of the molecule is CC(C)N(CC(=O)O)C(=O)c1cnn(-c2ccc([N+](=O)[O-])cc2)c1. The maximum absolute atomic E-state index is 12.4. The van der Waals surface area contributed by atoms with E-state index in [2.05, 4.69) is 5.10 Å². The van der Waals surface area contributed by atoms with E-state index in [0.29, 0.717) is 5.69 Å². The molecular weight excluding hydrogens is 316 g/mol. The third-order valence-electron chi connectivity index (χ3n) is 3.34. The molecule has 0 unspecified atom stereocenters. The number of nitrogens with zero attached hydrogens (tertiary/aromatic N) is 4. The van der Waals surface area contributed by atoms with Gasteiger partial charge in [0, 0.05) is 24.4 Å². The van der Waals surface area contributed by atoms with Crippen molar-refractivity contribution in [3.63, 3.8) is 0 Å². The van der Waals surface area contributed by atoms with Gasteiger partial charge in [-0.1, -0.05) is 0 Å². The quantitative estimate of drug-likeness (QED) is 0.635. The molecule has 2 aromatic rings. The maximum Gasteiger partial charge on any atom is 0.323 e. The van der Waals surface area contributed by atoms with Crippen LogP contribution in [0.15, 0.2) is 36.7 Å². The molecular formula is C15H16N4O5. The van der Waals surface area contributed by atoms with E-state index in [1.54, 1.807) is 13.8 Å². The molecule has 0 saturated heterocycles. The van der Waals surface area contributed by atoms with E-state index in [9.17, 15) is 19.7 Å². The van der Waals surface area contributed by atoms with Crippen molar-refractivity contribution in [2.75, 3.05) is 6.54 Å². The van der Waals surface area contributed by atoms with Crippen LogP contribution in [0.3, 0.4) is 0 Å². The first-order valence-corrected chi connectivity index (χ1v) is 7.12. The van der Waals surface area contributed by atoms with E-state index in [-0.39, 0.29) is 17.3 Å². The summed E-state index contributed by atoms with van der Waals surface area (Å²) in [7, 11) is 0. The van der Waals surface area contributed by atoms with E-state index >= 15 is 0 Å². The summed E-state index contributed by atoms with van der Waals surface area (Å²) < 4.78 is 1.40. The predicted molar refractivity (Wildman–Crippen MR) is 84.0 cm³/mol. The minimum atomic E-state index is -1.10. The first kappa shape index (κ1) is 17.1. The fourth-order valence-corrected chi connectivity index (χ4v) is 2.10. The summed E-state index contributed by atoms with van der Waals surface area (Å²) in [4.78, 5) is 34.7. The van der Waals surface area contributed by atoms with Crippen LogP contribution in [0, 0.1) is 10.1 Å². The molecule has 0 spiro atoms. The number of nitro groups is 1. The van der Waals surface area contributed by atoms with Crippen molar-refractivity contribution in [2.45, 2.75) is 19.9 Å². The van der Waals surface area contributed by atoms with Crippen molar-refractivity contribution in [1.82, 2.24) is 14.7 Å². The zero-order valence-corrected chi connectivity index (χ0v) is 13.1. The smallest absolute Gasteiger partial charge is 0.323 e. The summed E-state index contributed by atoms with van der Waals surface area (Å²) in [5, 5.41) is 23.6. The van der Waals surface area contributed by atoms with Gasteiger partial charge in [-0.15, -0.1) is 0 Å². The van der Waals surface area contributed by atoms with Gasteiger partial charge in [-0.25, -0.2) is 4.68 Å². The molecule has 24 heavy (non-hydrogen) atoms. The minimum absolute atomic E-state index is 0.0466. The number of rotatable bonds is 6. The first-order chi connectivity index (χ1) is 11.3. The van der Waals surface area contributed by atoms with Crippen LogP contribution < -0.4 is 0 Å². The number of benzene rings is 1. The van der Waals surface area contributed by atoms with Crippen molar-refractivity contribution < 1.29 is 19.6 Å². The van der Waals surface area contributed by atoms with Crippen LogP contribution in [-0.2, 0) is 4.79 Å². The Morgan fingerprint density at radius 1 is 1.33 bits per heavy atom. The van der Waals surface area contributed by atoms with E-state index in [4.69, 9.17) is 5.11 Å². The van der Waals surface area contributed by atoms with Crippen LogP contribution in [0.25, 0.3) is 5.69 Å². The molecule has 1 aromatic carbocycles. The molecule has 0 saturated carbocycles. The Morgan fingerprint density at radius 2 is 1.96 bits per heavy atom. The monoisotopic (exact) mass is 332 g/mol. The number of hydrogen-bond acceptors (Lipinski definition) is 5. The van der Waals surface area contributed by atoms with Gasteiger partial charge in [-0.2, -0.15) is 5.10 Å². The number of carbonyl (C=O) groups excluding carboxylic acids is 1. The largest absolute Gasteiger partial charge is 0.480 e. The second kappa shape index (κ2) is 6.90. The molecule has 0 aliphatic heterocycles. The van der Waals surface area contributed by atoms with Gasteiger partial charge >= 0.3 is 5.97 Å². The maximum atomic E-state index is 12.4. The van der Waals surface area contributed by atoms with E-state index in [0.717, 1.165) is 0 Å². The lowest BCUT2D eigenvalue weighted by atomic mass is 10.2. The van der Waals surface area contributed by atoms with Gasteiger partial charge in [0.05, 0.1) is 22.4 Å². The zero-order valence-electron chi connectivity index (χ0n) is 13.1. The molecule has 0 radical (unpaired) electrons. The topological polar surface area (TPSA) is 119 Å². The summed E-state index contributed by atoms with van der Waals surface area (Å²) in [6, 6.07) is 5.41. The second-order valence-corrected chi connectivity index (χ2v) is 5.37. The fourth-order valence-electron chi connectivity index (χ4n) is 2.10. The average Bonchev–Trinajstić information content (AvgIpc) is 3.01. The Hall–Kier alpha value is -3.23. The average molecular weight is 332 g/mol. The Morgan fingerprint density at radius 3 is 2.46 bits per heavy atom. The fraction of sp³-hybridized carbons (Fsp3) is 0.267. The zero-order chi connectivity index (χ0) is 17.9. The molecule has 126 valence electrons. The van der Waals surface area contributed by atoms with Crippen molar-refractivity contribution >= 4 is 17.6 Å².